The van der Waals surface area contributed by atoms with E-state index in [-0.39, 0.29) is 12.0 Å². The zero-order valence-corrected chi connectivity index (χ0v) is 7.19. The molecule has 1 aliphatic carbocycles. The van der Waals surface area contributed by atoms with Crippen LogP contribution in [0.15, 0.2) is 11.6 Å². The zero-order valence-electron chi connectivity index (χ0n) is 7.19. The highest BCUT2D eigenvalue weighted by atomic mass is 16.5. The third-order valence-electron chi connectivity index (χ3n) is 2.25. The van der Waals surface area contributed by atoms with Crippen molar-refractivity contribution in [3.05, 3.63) is 11.6 Å². The molecule has 0 amide bonds. The van der Waals surface area contributed by atoms with Crippen LogP contribution in [0.1, 0.15) is 13.3 Å². The first-order valence-corrected chi connectivity index (χ1v) is 3.88. The number of aliphatic carboxylic acids is 1. The van der Waals surface area contributed by atoms with Gasteiger partial charge in [-0.05, 0) is 12.3 Å². The molecule has 1 aliphatic rings. The smallest absolute Gasteiger partial charge is 0.331 e. The van der Waals surface area contributed by atoms with E-state index in [1.165, 1.54) is 0 Å². The Morgan fingerprint density at radius 1 is 1.75 bits per heavy atom. The van der Waals surface area contributed by atoms with Gasteiger partial charge in [0.25, 0.3) is 0 Å². The van der Waals surface area contributed by atoms with Crippen LogP contribution >= 0.6 is 0 Å². The lowest BCUT2D eigenvalue weighted by atomic mass is 10.1. The first-order chi connectivity index (χ1) is 5.52. The number of carboxylic acids is 1. The second-order valence-corrected chi connectivity index (χ2v) is 3.20. The Morgan fingerprint density at radius 2 is 2.33 bits per heavy atom. The van der Waals surface area contributed by atoms with Crippen LogP contribution in [0.5, 0.6) is 0 Å². The summed E-state index contributed by atoms with van der Waals surface area (Å²) in [6.07, 6.45) is 2.11. The maximum Gasteiger partial charge on any atom is 0.331 e. The molecule has 1 unspecified atom stereocenters. The summed E-state index contributed by atoms with van der Waals surface area (Å²) in [7, 11) is 1.54. The average molecular weight is 171 g/mol. The fourth-order valence-corrected chi connectivity index (χ4v) is 1.54. The molecule has 2 N–H and O–H groups in total. The fourth-order valence-electron chi connectivity index (χ4n) is 1.54. The van der Waals surface area contributed by atoms with Crippen molar-refractivity contribution in [1.82, 2.24) is 5.06 Å². The fraction of sp³-hybridized carbons (Fsp3) is 0.625. The molecule has 4 heteroatoms. The monoisotopic (exact) mass is 171 g/mol. The lowest BCUT2D eigenvalue weighted by Crippen LogP contribution is -2.31. The first kappa shape index (κ1) is 9.22. The number of carbonyl (C=O) groups is 1. The van der Waals surface area contributed by atoms with Gasteiger partial charge < -0.3 is 10.3 Å². The zero-order chi connectivity index (χ0) is 9.30. The van der Waals surface area contributed by atoms with Crippen molar-refractivity contribution in [3.63, 3.8) is 0 Å². The molecule has 0 aromatic carbocycles. The Balaban J connectivity index is 2.67. The minimum Gasteiger partial charge on any atom is -0.478 e. The van der Waals surface area contributed by atoms with E-state index in [1.807, 2.05) is 6.92 Å². The summed E-state index contributed by atoms with van der Waals surface area (Å²) in [5.41, 5.74) is 0.397. The summed E-state index contributed by atoms with van der Waals surface area (Å²) in [5, 5.41) is 18.9. The van der Waals surface area contributed by atoms with Crippen LogP contribution in [0.3, 0.4) is 0 Å². The largest absolute Gasteiger partial charge is 0.478 e. The average Bonchev–Trinajstić information content (AvgIpc) is 2.30. The van der Waals surface area contributed by atoms with Crippen molar-refractivity contribution in [3.8, 4) is 0 Å². The number of rotatable bonds is 2. The van der Waals surface area contributed by atoms with E-state index in [1.54, 1.807) is 13.1 Å². The molecule has 2 atom stereocenters. The lowest BCUT2D eigenvalue weighted by molar-refractivity contribution is -0.133. The number of carboxylic acid groups (broad SMARTS) is 1. The minimum absolute atomic E-state index is 0.0869. The van der Waals surface area contributed by atoms with Crippen LogP contribution < -0.4 is 0 Å². The summed E-state index contributed by atoms with van der Waals surface area (Å²) in [6.45, 7) is 1.90. The van der Waals surface area contributed by atoms with Gasteiger partial charge in [0.2, 0.25) is 0 Å². The summed E-state index contributed by atoms with van der Waals surface area (Å²) in [5.74, 6) is -0.780. The maximum absolute atomic E-state index is 10.5. The van der Waals surface area contributed by atoms with E-state index in [0.717, 1.165) is 5.06 Å². The second kappa shape index (κ2) is 3.25. The van der Waals surface area contributed by atoms with Gasteiger partial charge in [0.15, 0.2) is 0 Å². The summed E-state index contributed by atoms with van der Waals surface area (Å²) >= 11 is 0. The molecule has 68 valence electrons. The van der Waals surface area contributed by atoms with Crippen LogP contribution in [-0.2, 0) is 4.79 Å². The predicted molar refractivity (Wildman–Crippen MR) is 42.8 cm³/mol. The molecule has 12 heavy (non-hydrogen) atoms. The Hall–Kier alpha value is -0.870. The highest BCUT2D eigenvalue weighted by molar-refractivity contribution is 5.87. The van der Waals surface area contributed by atoms with Gasteiger partial charge in [-0.2, -0.15) is 5.06 Å². The van der Waals surface area contributed by atoms with Crippen molar-refractivity contribution < 1.29 is 15.1 Å². The Labute approximate surface area is 71.1 Å². The van der Waals surface area contributed by atoms with Crippen LogP contribution in [0.2, 0.25) is 0 Å². The van der Waals surface area contributed by atoms with E-state index >= 15 is 0 Å². The van der Waals surface area contributed by atoms with Crippen LogP contribution in [0.25, 0.3) is 0 Å². The van der Waals surface area contributed by atoms with E-state index in [2.05, 4.69) is 0 Å². The Bertz CT molecular complexity index is 222. The SMILES string of the molecule is CC1C=C(C(=O)O)C[C@H]1N(C)O. The number of hydrogen-bond donors (Lipinski definition) is 2. The molecule has 4 nitrogen and oxygen atoms in total. The number of hydroxylamine groups is 2. The molecule has 0 spiro atoms. The molecule has 0 saturated carbocycles. The quantitative estimate of drug-likeness (QED) is 0.601. The molecular weight excluding hydrogens is 158 g/mol. The minimum atomic E-state index is -0.883. The first-order valence-electron chi connectivity index (χ1n) is 3.88. The van der Waals surface area contributed by atoms with Crippen LogP contribution in [0.4, 0.5) is 0 Å². The van der Waals surface area contributed by atoms with E-state index in [0.29, 0.717) is 12.0 Å². The molecule has 0 heterocycles. The van der Waals surface area contributed by atoms with Crippen molar-refractivity contribution in [2.75, 3.05) is 7.05 Å². The van der Waals surface area contributed by atoms with Gasteiger partial charge in [0.1, 0.15) is 0 Å². The summed E-state index contributed by atoms with van der Waals surface area (Å²) < 4.78 is 0. The lowest BCUT2D eigenvalue weighted by Gasteiger charge is -2.21. The Morgan fingerprint density at radius 3 is 2.58 bits per heavy atom. The molecule has 0 bridgehead atoms. The van der Waals surface area contributed by atoms with Gasteiger partial charge in [0, 0.05) is 18.7 Å². The molecule has 1 rings (SSSR count). The van der Waals surface area contributed by atoms with Gasteiger partial charge in [-0.3, -0.25) is 0 Å². The van der Waals surface area contributed by atoms with Crippen molar-refractivity contribution in [2.24, 2.45) is 5.92 Å². The predicted octanol–water partition coefficient (Wildman–Crippen LogP) is 0.727. The molecule has 0 radical (unpaired) electrons. The Kier molecular flexibility index (Phi) is 2.49. The molecule has 0 aliphatic heterocycles. The summed E-state index contributed by atoms with van der Waals surface area (Å²) in [4.78, 5) is 10.5. The van der Waals surface area contributed by atoms with Gasteiger partial charge in [-0.1, -0.05) is 13.0 Å². The molecule has 0 saturated heterocycles. The standard InChI is InChI=1S/C8H13NO3/c1-5-3-6(8(10)11)4-7(5)9(2)12/h3,5,7,12H,4H2,1-2H3,(H,10,11)/t5?,7-/m1/s1. The van der Waals surface area contributed by atoms with Crippen molar-refractivity contribution >= 4 is 5.97 Å². The molecule has 0 aromatic rings. The van der Waals surface area contributed by atoms with E-state index < -0.39 is 5.97 Å². The molecule has 0 aromatic heterocycles. The van der Waals surface area contributed by atoms with Gasteiger partial charge in [-0.25, -0.2) is 4.79 Å². The van der Waals surface area contributed by atoms with Crippen molar-refractivity contribution in [1.29, 1.82) is 0 Å². The van der Waals surface area contributed by atoms with Gasteiger partial charge >= 0.3 is 5.97 Å². The van der Waals surface area contributed by atoms with Crippen LogP contribution in [0, 0.1) is 5.92 Å². The number of hydrogen-bond acceptors (Lipinski definition) is 3. The summed E-state index contributed by atoms with van der Waals surface area (Å²) in [6, 6.07) is -0.0869. The van der Waals surface area contributed by atoms with E-state index in [4.69, 9.17) is 10.3 Å². The van der Waals surface area contributed by atoms with Crippen LogP contribution in [-0.4, -0.2) is 34.4 Å². The van der Waals surface area contributed by atoms with E-state index in [9.17, 15) is 4.79 Å². The third-order valence-corrected chi connectivity index (χ3v) is 2.25. The topological polar surface area (TPSA) is 60.8 Å². The molecule has 0 fully saturated rings. The number of nitrogens with zero attached hydrogens (tertiary/aromatic N) is 1. The van der Waals surface area contributed by atoms with Crippen molar-refractivity contribution in [2.45, 2.75) is 19.4 Å². The molecular formula is C8H13NO3. The maximum atomic E-state index is 10.5. The highest BCUT2D eigenvalue weighted by Crippen LogP contribution is 2.27. The van der Waals surface area contributed by atoms with Gasteiger partial charge in [-0.15, -0.1) is 0 Å². The van der Waals surface area contributed by atoms with Gasteiger partial charge in [0.05, 0.1) is 0 Å². The normalized spacial score (nSPS) is 29.2. The second-order valence-electron chi connectivity index (χ2n) is 3.20. The third kappa shape index (κ3) is 1.65. The highest BCUT2D eigenvalue weighted by Gasteiger charge is 2.29.